The van der Waals surface area contributed by atoms with Gasteiger partial charge in [-0.05, 0) is 25.1 Å². The second-order valence-electron chi connectivity index (χ2n) is 5.72. The Kier molecular flexibility index (Phi) is 8.40. The standard InChI is InChI=1S/C18H32N2O/c1-6-15(4)13-20(8-3)14-17(19-7-2)16-11-9-10-12-18(16)21-5/h9-12,15,17,19H,6-8,13-14H2,1-5H3. The monoisotopic (exact) mass is 292 g/mol. The molecule has 0 saturated carbocycles. The van der Waals surface area contributed by atoms with E-state index in [2.05, 4.69) is 50.0 Å². The Morgan fingerprint density at radius 2 is 1.86 bits per heavy atom. The third kappa shape index (κ3) is 5.68. The van der Waals surface area contributed by atoms with Crippen molar-refractivity contribution in [2.45, 2.75) is 40.2 Å². The van der Waals surface area contributed by atoms with Crippen LogP contribution in [0.15, 0.2) is 24.3 Å². The molecule has 2 unspecified atom stereocenters. The van der Waals surface area contributed by atoms with Crippen molar-refractivity contribution < 1.29 is 4.74 Å². The van der Waals surface area contributed by atoms with Crippen molar-refractivity contribution in [1.82, 2.24) is 10.2 Å². The van der Waals surface area contributed by atoms with Gasteiger partial charge < -0.3 is 15.0 Å². The normalized spacial score (nSPS) is 14.2. The maximum atomic E-state index is 5.53. The molecule has 0 aliphatic heterocycles. The van der Waals surface area contributed by atoms with Gasteiger partial charge in [-0.15, -0.1) is 0 Å². The maximum absolute atomic E-state index is 5.53. The molecule has 1 aromatic carbocycles. The van der Waals surface area contributed by atoms with Crippen LogP contribution >= 0.6 is 0 Å². The quantitative estimate of drug-likeness (QED) is 0.711. The summed E-state index contributed by atoms with van der Waals surface area (Å²) in [5, 5.41) is 3.61. The van der Waals surface area contributed by atoms with Crippen LogP contribution in [0.4, 0.5) is 0 Å². The molecule has 0 amide bonds. The zero-order valence-corrected chi connectivity index (χ0v) is 14.4. The molecule has 3 nitrogen and oxygen atoms in total. The zero-order valence-electron chi connectivity index (χ0n) is 14.4. The van der Waals surface area contributed by atoms with Crippen molar-refractivity contribution >= 4 is 0 Å². The molecule has 21 heavy (non-hydrogen) atoms. The number of methoxy groups -OCH3 is 1. The minimum Gasteiger partial charge on any atom is -0.496 e. The van der Waals surface area contributed by atoms with E-state index in [1.165, 1.54) is 12.0 Å². The molecule has 1 N–H and O–H groups in total. The molecule has 1 rings (SSSR count). The number of hydrogen-bond acceptors (Lipinski definition) is 3. The lowest BCUT2D eigenvalue weighted by Gasteiger charge is -2.30. The van der Waals surface area contributed by atoms with Gasteiger partial charge in [-0.2, -0.15) is 0 Å². The minimum atomic E-state index is 0.315. The summed E-state index contributed by atoms with van der Waals surface area (Å²) in [7, 11) is 1.75. The van der Waals surface area contributed by atoms with Crippen LogP contribution in [-0.4, -0.2) is 38.2 Å². The third-order valence-corrected chi connectivity index (χ3v) is 4.12. The Morgan fingerprint density at radius 1 is 1.14 bits per heavy atom. The number of nitrogens with one attached hydrogen (secondary N) is 1. The topological polar surface area (TPSA) is 24.5 Å². The molecule has 2 atom stereocenters. The van der Waals surface area contributed by atoms with Crippen molar-refractivity contribution in [3.63, 3.8) is 0 Å². The van der Waals surface area contributed by atoms with Crippen LogP contribution < -0.4 is 10.1 Å². The van der Waals surface area contributed by atoms with Gasteiger partial charge in [0, 0.05) is 24.7 Å². The van der Waals surface area contributed by atoms with Crippen LogP contribution in [0.1, 0.15) is 45.7 Å². The van der Waals surface area contributed by atoms with Crippen molar-refractivity contribution in [3.8, 4) is 5.75 Å². The summed E-state index contributed by atoms with van der Waals surface area (Å²) in [5.74, 6) is 1.72. The third-order valence-electron chi connectivity index (χ3n) is 4.12. The van der Waals surface area contributed by atoms with E-state index in [1.807, 2.05) is 12.1 Å². The smallest absolute Gasteiger partial charge is 0.123 e. The lowest BCUT2D eigenvalue weighted by Crippen LogP contribution is -2.37. The Balaban J connectivity index is 2.85. The summed E-state index contributed by atoms with van der Waals surface area (Å²) in [6, 6.07) is 8.65. The molecular weight excluding hydrogens is 260 g/mol. The van der Waals surface area contributed by atoms with Gasteiger partial charge in [0.1, 0.15) is 5.75 Å². The van der Waals surface area contributed by atoms with Crippen LogP contribution in [0.5, 0.6) is 5.75 Å². The highest BCUT2D eigenvalue weighted by molar-refractivity contribution is 5.36. The average Bonchev–Trinajstić information content (AvgIpc) is 2.53. The summed E-state index contributed by atoms with van der Waals surface area (Å²) in [5.41, 5.74) is 1.25. The maximum Gasteiger partial charge on any atom is 0.123 e. The van der Waals surface area contributed by atoms with Crippen LogP contribution in [0.2, 0.25) is 0 Å². The molecule has 3 heteroatoms. The molecular formula is C18H32N2O. The number of benzene rings is 1. The Morgan fingerprint density at radius 3 is 2.43 bits per heavy atom. The lowest BCUT2D eigenvalue weighted by atomic mass is 10.0. The number of likely N-dealkylation sites (N-methyl/N-ethyl adjacent to an activating group) is 2. The van der Waals surface area contributed by atoms with Gasteiger partial charge in [0.25, 0.3) is 0 Å². The Bertz CT molecular complexity index is 395. The van der Waals surface area contributed by atoms with Gasteiger partial charge in [-0.1, -0.05) is 52.3 Å². The molecule has 0 bridgehead atoms. The number of nitrogens with zero attached hydrogens (tertiary/aromatic N) is 1. The van der Waals surface area contributed by atoms with Gasteiger partial charge in [0.15, 0.2) is 0 Å². The molecule has 0 aromatic heterocycles. The first-order chi connectivity index (χ1) is 10.2. The summed E-state index contributed by atoms with van der Waals surface area (Å²) < 4.78 is 5.53. The van der Waals surface area contributed by atoms with E-state index in [0.29, 0.717) is 6.04 Å². The van der Waals surface area contributed by atoms with Crippen molar-refractivity contribution in [2.75, 3.05) is 33.3 Å². The van der Waals surface area contributed by atoms with E-state index in [9.17, 15) is 0 Å². The highest BCUT2D eigenvalue weighted by Gasteiger charge is 2.18. The molecule has 120 valence electrons. The predicted molar refractivity (Wildman–Crippen MR) is 91.0 cm³/mol. The number of rotatable bonds is 10. The van der Waals surface area contributed by atoms with Gasteiger partial charge in [0.05, 0.1) is 7.11 Å². The molecule has 1 aromatic rings. The first-order valence-corrected chi connectivity index (χ1v) is 8.24. The number of hydrogen-bond donors (Lipinski definition) is 1. The van der Waals surface area contributed by atoms with E-state index < -0.39 is 0 Å². The molecule has 0 fully saturated rings. The number of ether oxygens (including phenoxy) is 1. The van der Waals surface area contributed by atoms with E-state index >= 15 is 0 Å². The van der Waals surface area contributed by atoms with Crippen LogP contribution in [-0.2, 0) is 0 Å². The molecule has 0 spiro atoms. The fourth-order valence-corrected chi connectivity index (χ4v) is 2.63. The van der Waals surface area contributed by atoms with Gasteiger partial charge >= 0.3 is 0 Å². The summed E-state index contributed by atoms with van der Waals surface area (Å²) in [6.07, 6.45) is 1.23. The lowest BCUT2D eigenvalue weighted by molar-refractivity contribution is 0.219. The second kappa shape index (κ2) is 9.80. The van der Waals surface area contributed by atoms with E-state index in [4.69, 9.17) is 4.74 Å². The van der Waals surface area contributed by atoms with Crippen molar-refractivity contribution in [3.05, 3.63) is 29.8 Å². The zero-order chi connectivity index (χ0) is 15.7. The highest BCUT2D eigenvalue weighted by atomic mass is 16.5. The molecule has 0 heterocycles. The highest BCUT2D eigenvalue weighted by Crippen LogP contribution is 2.25. The summed E-state index contributed by atoms with van der Waals surface area (Å²) in [6.45, 7) is 13.2. The van der Waals surface area contributed by atoms with Gasteiger partial charge in [-0.3, -0.25) is 0 Å². The largest absolute Gasteiger partial charge is 0.496 e. The number of para-hydroxylation sites is 1. The SMILES string of the molecule is CCNC(CN(CC)CC(C)CC)c1ccccc1OC. The fourth-order valence-electron chi connectivity index (χ4n) is 2.63. The molecule has 0 aliphatic carbocycles. The van der Waals surface area contributed by atoms with Crippen molar-refractivity contribution in [1.29, 1.82) is 0 Å². The van der Waals surface area contributed by atoms with Gasteiger partial charge in [-0.25, -0.2) is 0 Å². The van der Waals surface area contributed by atoms with E-state index in [-0.39, 0.29) is 0 Å². The fraction of sp³-hybridized carbons (Fsp3) is 0.667. The Hall–Kier alpha value is -1.06. The minimum absolute atomic E-state index is 0.315. The Labute approximate surface area is 130 Å². The molecule has 0 radical (unpaired) electrons. The van der Waals surface area contributed by atoms with Gasteiger partial charge in [0.2, 0.25) is 0 Å². The molecule has 0 saturated heterocycles. The summed E-state index contributed by atoms with van der Waals surface area (Å²) >= 11 is 0. The first-order valence-electron chi connectivity index (χ1n) is 8.24. The first kappa shape index (κ1) is 18.0. The van der Waals surface area contributed by atoms with E-state index in [0.717, 1.165) is 37.8 Å². The van der Waals surface area contributed by atoms with Crippen LogP contribution in [0.25, 0.3) is 0 Å². The second-order valence-corrected chi connectivity index (χ2v) is 5.72. The molecule has 0 aliphatic rings. The predicted octanol–water partition coefficient (Wildman–Crippen LogP) is 3.71. The summed E-state index contributed by atoms with van der Waals surface area (Å²) in [4.78, 5) is 2.54. The van der Waals surface area contributed by atoms with Crippen LogP contribution in [0, 0.1) is 5.92 Å². The average molecular weight is 292 g/mol. The van der Waals surface area contributed by atoms with E-state index in [1.54, 1.807) is 7.11 Å². The van der Waals surface area contributed by atoms with Crippen LogP contribution in [0.3, 0.4) is 0 Å². The van der Waals surface area contributed by atoms with Crippen molar-refractivity contribution in [2.24, 2.45) is 5.92 Å².